The van der Waals surface area contributed by atoms with Gasteiger partial charge in [-0.05, 0) is 91.9 Å². The first kappa shape index (κ1) is 23.7. The van der Waals surface area contributed by atoms with Crippen molar-refractivity contribution in [2.75, 3.05) is 33.4 Å². The number of aryl methyl sites for hydroxylation is 1. The maximum Gasteiger partial charge on any atom is 0.119 e. The molecular weight excluding hydrogens is 432 g/mol. The van der Waals surface area contributed by atoms with Crippen molar-refractivity contribution in [1.29, 1.82) is 0 Å². The fourth-order valence-electron chi connectivity index (χ4n) is 4.71. The van der Waals surface area contributed by atoms with E-state index >= 15 is 0 Å². The monoisotopic (exact) mass is 464 g/mol. The van der Waals surface area contributed by atoms with E-state index in [2.05, 4.69) is 21.7 Å². The van der Waals surface area contributed by atoms with Gasteiger partial charge in [-0.3, -0.25) is 9.88 Å². The molecule has 1 fully saturated rings. The zero-order valence-electron chi connectivity index (χ0n) is 19.4. The van der Waals surface area contributed by atoms with Crippen LogP contribution < -0.4 is 4.74 Å². The Balaban J connectivity index is 1.39. The van der Waals surface area contributed by atoms with Crippen LogP contribution in [0.2, 0.25) is 0 Å². The molecule has 1 aliphatic heterocycles. The maximum absolute atomic E-state index is 11.2. The molecule has 33 heavy (non-hydrogen) atoms. The molecule has 1 saturated heterocycles. The van der Waals surface area contributed by atoms with Crippen LogP contribution in [0.3, 0.4) is 0 Å². The Bertz CT molecular complexity index is 1130. The van der Waals surface area contributed by atoms with Crippen molar-refractivity contribution >= 4 is 22.2 Å². The molecule has 0 bridgehead atoms. The van der Waals surface area contributed by atoms with E-state index in [1.54, 1.807) is 18.4 Å². The number of likely N-dealkylation sites (tertiary alicyclic amines) is 1. The summed E-state index contributed by atoms with van der Waals surface area (Å²) in [5.41, 5.74) is 2.59. The normalized spacial score (nSPS) is 16.8. The van der Waals surface area contributed by atoms with Gasteiger partial charge in [0.25, 0.3) is 0 Å². The highest BCUT2D eigenvalue weighted by atomic mass is 32.1. The third kappa shape index (κ3) is 5.56. The van der Waals surface area contributed by atoms with Gasteiger partial charge < -0.3 is 14.9 Å². The third-order valence-corrected chi connectivity index (χ3v) is 7.67. The molecule has 0 amide bonds. The summed E-state index contributed by atoms with van der Waals surface area (Å²) in [5, 5.41) is 24.4. The number of piperidine rings is 1. The number of hydrogen-bond donors (Lipinski definition) is 2. The molecule has 4 rings (SSSR count). The average molecular weight is 465 g/mol. The van der Waals surface area contributed by atoms with Crippen LogP contribution in [0.4, 0.5) is 0 Å². The molecule has 3 aromatic rings. The van der Waals surface area contributed by atoms with Gasteiger partial charge in [-0.1, -0.05) is 17.9 Å². The fraction of sp³-hybridized carbons (Fsp3) is 0.444. The average Bonchev–Trinajstić information content (AvgIpc) is 3.36. The number of fused-ring (bicyclic) bond motifs is 1. The van der Waals surface area contributed by atoms with Gasteiger partial charge in [0, 0.05) is 18.2 Å². The molecule has 6 heteroatoms. The number of aliphatic hydroxyl groups is 2. The molecule has 1 unspecified atom stereocenters. The molecule has 1 aliphatic rings. The Kier molecular flexibility index (Phi) is 7.67. The Morgan fingerprint density at radius 1 is 1.27 bits per heavy atom. The van der Waals surface area contributed by atoms with Crippen LogP contribution in [-0.4, -0.2) is 53.4 Å². The largest absolute Gasteiger partial charge is 0.497 e. The van der Waals surface area contributed by atoms with Gasteiger partial charge in [0.05, 0.1) is 30.2 Å². The van der Waals surface area contributed by atoms with Gasteiger partial charge in [-0.2, -0.15) is 0 Å². The number of methoxy groups -OCH3 is 1. The number of thiophene rings is 1. The van der Waals surface area contributed by atoms with Crippen LogP contribution in [0, 0.1) is 24.2 Å². The molecule has 0 saturated carbocycles. The number of pyridine rings is 1. The topological polar surface area (TPSA) is 65.8 Å². The van der Waals surface area contributed by atoms with Crippen molar-refractivity contribution in [2.24, 2.45) is 5.41 Å². The van der Waals surface area contributed by atoms with Crippen LogP contribution in [0.25, 0.3) is 10.9 Å². The summed E-state index contributed by atoms with van der Waals surface area (Å²) >= 11 is 1.66. The molecule has 174 valence electrons. The maximum atomic E-state index is 11.2. The van der Waals surface area contributed by atoms with E-state index in [0.29, 0.717) is 6.42 Å². The Hall–Kier alpha value is -2.43. The summed E-state index contributed by atoms with van der Waals surface area (Å²) in [7, 11) is 1.64. The van der Waals surface area contributed by atoms with E-state index < -0.39 is 6.10 Å². The van der Waals surface area contributed by atoms with Crippen molar-refractivity contribution in [2.45, 2.75) is 38.7 Å². The zero-order valence-corrected chi connectivity index (χ0v) is 20.2. The van der Waals surface area contributed by atoms with Gasteiger partial charge >= 0.3 is 0 Å². The summed E-state index contributed by atoms with van der Waals surface area (Å²) in [6.45, 7) is 4.74. The minimum atomic E-state index is -0.610. The minimum Gasteiger partial charge on any atom is -0.497 e. The van der Waals surface area contributed by atoms with Crippen molar-refractivity contribution in [3.63, 3.8) is 0 Å². The fourth-order valence-corrected chi connectivity index (χ4v) is 5.30. The molecule has 5 nitrogen and oxygen atoms in total. The first-order chi connectivity index (χ1) is 16.0. The van der Waals surface area contributed by atoms with E-state index in [0.717, 1.165) is 71.6 Å². The van der Waals surface area contributed by atoms with Gasteiger partial charge in [0.15, 0.2) is 0 Å². The predicted molar refractivity (Wildman–Crippen MR) is 134 cm³/mol. The van der Waals surface area contributed by atoms with E-state index in [-0.39, 0.29) is 12.0 Å². The van der Waals surface area contributed by atoms with Gasteiger partial charge in [-0.25, -0.2) is 0 Å². The Morgan fingerprint density at radius 3 is 2.79 bits per heavy atom. The molecule has 3 heterocycles. The van der Waals surface area contributed by atoms with Crippen LogP contribution in [0.5, 0.6) is 5.75 Å². The third-order valence-electron chi connectivity index (χ3n) is 6.88. The molecule has 2 N–H and O–H groups in total. The Morgan fingerprint density at radius 2 is 2.09 bits per heavy atom. The summed E-state index contributed by atoms with van der Waals surface area (Å²) in [4.78, 5) is 7.96. The highest BCUT2D eigenvalue weighted by molar-refractivity contribution is 7.10. The standard InChI is InChI=1S/C27H32N2O3S/c1-20-18-28-24-8-7-21(32-2)17-23(24)26(20)25(31)9-10-27(19-30)11-14-29(15-12-27)13-3-5-22-6-4-16-33-22/h4,6-8,16-18,25,30-31H,9-15,19H2,1-2H3. The number of rotatable bonds is 7. The van der Waals surface area contributed by atoms with Gasteiger partial charge in [-0.15, -0.1) is 11.3 Å². The summed E-state index contributed by atoms with van der Waals surface area (Å²) in [6.07, 6.45) is 4.44. The van der Waals surface area contributed by atoms with Crippen molar-refractivity contribution in [3.8, 4) is 17.6 Å². The molecule has 1 aromatic carbocycles. The van der Waals surface area contributed by atoms with Gasteiger partial charge in [0.1, 0.15) is 5.75 Å². The van der Waals surface area contributed by atoms with E-state index in [4.69, 9.17) is 4.74 Å². The second-order valence-corrected chi connectivity index (χ2v) is 9.95. The lowest BCUT2D eigenvalue weighted by molar-refractivity contribution is 0.0273. The lowest BCUT2D eigenvalue weighted by Gasteiger charge is -2.40. The van der Waals surface area contributed by atoms with E-state index in [1.165, 1.54) is 0 Å². The van der Waals surface area contributed by atoms with E-state index in [1.807, 2.05) is 48.8 Å². The van der Waals surface area contributed by atoms with Crippen LogP contribution in [0.15, 0.2) is 41.9 Å². The van der Waals surface area contributed by atoms with Crippen LogP contribution in [0.1, 0.15) is 47.8 Å². The number of ether oxygens (including phenoxy) is 1. The Labute approximate surface area is 200 Å². The predicted octanol–water partition coefficient (Wildman–Crippen LogP) is 4.55. The highest BCUT2D eigenvalue weighted by Crippen LogP contribution is 2.39. The summed E-state index contributed by atoms with van der Waals surface area (Å²) in [5.74, 6) is 7.25. The van der Waals surface area contributed by atoms with Crippen molar-refractivity contribution in [1.82, 2.24) is 9.88 Å². The molecular formula is C27H32N2O3S. The number of aliphatic hydroxyl groups excluding tert-OH is 2. The van der Waals surface area contributed by atoms with Crippen LogP contribution >= 0.6 is 11.3 Å². The van der Waals surface area contributed by atoms with Crippen LogP contribution in [-0.2, 0) is 0 Å². The van der Waals surface area contributed by atoms with Crippen molar-refractivity contribution in [3.05, 3.63) is 57.9 Å². The quantitative estimate of drug-likeness (QED) is 0.502. The van der Waals surface area contributed by atoms with Gasteiger partial charge in [0.2, 0.25) is 0 Å². The highest BCUT2D eigenvalue weighted by Gasteiger charge is 2.34. The number of hydrogen-bond acceptors (Lipinski definition) is 6. The molecule has 0 spiro atoms. The zero-order chi connectivity index (χ0) is 23.3. The lowest BCUT2D eigenvalue weighted by Crippen LogP contribution is -2.42. The lowest BCUT2D eigenvalue weighted by atomic mass is 9.74. The molecule has 0 radical (unpaired) electrons. The molecule has 0 aliphatic carbocycles. The van der Waals surface area contributed by atoms with Crippen molar-refractivity contribution < 1.29 is 14.9 Å². The number of benzene rings is 1. The number of nitrogens with zero attached hydrogens (tertiary/aromatic N) is 2. The van der Waals surface area contributed by atoms with E-state index in [9.17, 15) is 10.2 Å². The first-order valence-corrected chi connectivity index (χ1v) is 12.4. The smallest absolute Gasteiger partial charge is 0.119 e. The molecule has 1 atom stereocenters. The molecule has 2 aromatic heterocycles. The number of aromatic nitrogens is 1. The first-order valence-electron chi connectivity index (χ1n) is 11.5. The summed E-state index contributed by atoms with van der Waals surface area (Å²) in [6, 6.07) is 9.83. The minimum absolute atomic E-state index is 0.146. The second-order valence-electron chi connectivity index (χ2n) is 9.01. The second kappa shape index (κ2) is 10.7. The SMILES string of the molecule is COc1ccc2ncc(C)c(C(O)CCC3(CO)CCN(CC#Cc4cccs4)CC3)c2c1. The summed E-state index contributed by atoms with van der Waals surface area (Å²) < 4.78 is 5.39.